The smallest absolute Gasteiger partial charge is 0.330 e. The van der Waals surface area contributed by atoms with E-state index < -0.39 is 5.97 Å². The highest BCUT2D eigenvalue weighted by atomic mass is 16.5. The zero-order valence-electron chi connectivity index (χ0n) is 11.1. The molecule has 0 amide bonds. The Bertz CT molecular complexity index is 443. The van der Waals surface area contributed by atoms with Gasteiger partial charge in [-0.2, -0.15) is 0 Å². The van der Waals surface area contributed by atoms with Gasteiger partial charge in [-0.1, -0.05) is 11.8 Å². The number of methoxy groups -OCH3 is 1. The van der Waals surface area contributed by atoms with Gasteiger partial charge in [-0.15, -0.1) is 5.11 Å². The molecule has 0 saturated carbocycles. The first-order valence-electron chi connectivity index (χ1n) is 5.71. The number of nitrogens with zero attached hydrogens (tertiary/aromatic N) is 3. The van der Waals surface area contributed by atoms with E-state index in [0.29, 0.717) is 6.54 Å². The zero-order chi connectivity index (χ0) is 14.1. The van der Waals surface area contributed by atoms with Gasteiger partial charge in [0.1, 0.15) is 12.4 Å². The first kappa shape index (κ1) is 14.7. The Morgan fingerprint density at radius 1 is 1.42 bits per heavy atom. The maximum absolute atomic E-state index is 10.8. The highest BCUT2D eigenvalue weighted by molar-refractivity contribution is 5.81. The van der Waals surface area contributed by atoms with Gasteiger partial charge in [-0.3, -0.25) is 5.01 Å². The first-order chi connectivity index (χ1) is 9.15. The van der Waals surface area contributed by atoms with Crippen LogP contribution < -0.4 is 4.74 Å². The van der Waals surface area contributed by atoms with Crippen LogP contribution in [0.2, 0.25) is 0 Å². The number of hydrogen-bond donors (Lipinski definition) is 0. The van der Waals surface area contributed by atoms with Crippen molar-refractivity contribution in [1.82, 2.24) is 5.01 Å². The summed E-state index contributed by atoms with van der Waals surface area (Å²) < 4.78 is 9.87. The number of carbonyl (C=O) groups excluding carboxylic acids is 1. The molecule has 0 radical (unpaired) electrons. The van der Waals surface area contributed by atoms with Crippen molar-refractivity contribution in [1.29, 1.82) is 0 Å². The SMILES string of the molecule is C=CC(=O)OCCN(C)N=Nc1ccc(OC)cc1. The van der Waals surface area contributed by atoms with Crippen molar-refractivity contribution >= 4 is 11.7 Å². The summed E-state index contributed by atoms with van der Waals surface area (Å²) in [7, 11) is 3.35. The molecular formula is C13H17N3O3. The zero-order valence-corrected chi connectivity index (χ0v) is 11.1. The minimum Gasteiger partial charge on any atom is -0.497 e. The summed E-state index contributed by atoms with van der Waals surface area (Å²) >= 11 is 0. The molecule has 0 aliphatic rings. The van der Waals surface area contributed by atoms with Crippen LogP contribution in [0.3, 0.4) is 0 Å². The average Bonchev–Trinajstić information content (AvgIpc) is 2.45. The average molecular weight is 263 g/mol. The fraction of sp³-hybridized carbons (Fsp3) is 0.308. The van der Waals surface area contributed by atoms with Gasteiger partial charge in [0.05, 0.1) is 19.3 Å². The third-order valence-corrected chi connectivity index (χ3v) is 2.21. The largest absolute Gasteiger partial charge is 0.497 e. The normalized spacial score (nSPS) is 10.2. The summed E-state index contributed by atoms with van der Waals surface area (Å²) in [6.07, 6.45) is 1.12. The molecule has 0 fully saturated rings. The van der Waals surface area contributed by atoms with E-state index in [-0.39, 0.29) is 6.61 Å². The summed E-state index contributed by atoms with van der Waals surface area (Å²) in [5, 5.41) is 9.59. The minimum atomic E-state index is -0.444. The number of likely N-dealkylation sites (N-methyl/N-ethyl adjacent to an activating group) is 1. The first-order valence-corrected chi connectivity index (χ1v) is 5.71. The van der Waals surface area contributed by atoms with E-state index in [2.05, 4.69) is 16.9 Å². The summed E-state index contributed by atoms with van der Waals surface area (Å²) in [5.74, 6) is 0.323. The Balaban J connectivity index is 2.37. The molecule has 0 aliphatic carbocycles. The molecule has 0 N–H and O–H groups in total. The van der Waals surface area contributed by atoms with E-state index >= 15 is 0 Å². The molecule has 19 heavy (non-hydrogen) atoms. The van der Waals surface area contributed by atoms with Crippen molar-refractivity contribution in [2.24, 2.45) is 10.3 Å². The number of esters is 1. The lowest BCUT2D eigenvalue weighted by Gasteiger charge is -2.10. The van der Waals surface area contributed by atoms with E-state index in [4.69, 9.17) is 9.47 Å². The fourth-order valence-corrected chi connectivity index (χ4v) is 1.16. The van der Waals surface area contributed by atoms with Crippen LogP contribution >= 0.6 is 0 Å². The molecule has 0 aromatic heterocycles. The molecule has 1 aromatic carbocycles. The van der Waals surface area contributed by atoms with Crippen molar-refractivity contribution in [3.05, 3.63) is 36.9 Å². The Morgan fingerprint density at radius 2 is 2.11 bits per heavy atom. The van der Waals surface area contributed by atoms with Crippen LogP contribution in [0.25, 0.3) is 0 Å². The fourth-order valence-electron chi connectivity index (χ4n) is 1.16. The molecule has 6 heteroatoms. The van der Waals surface area contributed by atoms with Crippen LogP contribution in [-0.4, -0.2) is 38.3 Å². The van der Waals surface area contributed by atoms with Crippen LogP contribution in [0.15, 0.2) is 47.3 Å². The number of hydrogen-bond acceptors (Lipinski definition) is 5. The van der Waals surface area contributed by atoms with Crippen molar-refractivity contribution in [3.63, 3.8) is 0 Å². The van der Waals surface area contributed by atoms with Gasteiger partial charge in [0, 0.05) is 13.1 Å². The second-order valence-corrected chi connectivity index (χ2v) is 3.64. The Morgan fingerprint density at radius 3 is 2.68 bits per heavy atom. The lowest BCUT2D eigenvalue weighted by atomic mass is 10.3. The number of ether oxygens (including phenoxy) is 2. The third-order valence-electron chi connectivity index (χ3n) is 2.21. The molecule has 0 unspecified atom stereocenters. The quantitative estimate of drug-likeness (QED) is 0.328. The summed E-state index contributed by atoms with van der Waals surface area (Å²) in [6, 6.07) is 7.21. The van der Waals surface area contributed by atoms with Gasteiger partial charge in [-0.05, 0) is 24.3 Å². The Kier molecular flexibility index (Phi) is 6.08. The maximum Gasteiger partial charge on any atom is 0.330 e. The highest BCUT2D eigenvalue weighted by Crippen LogP contribution is 2.17. The molecule has 0 saturated heterocycles. The predicted molar refractivity (Wildman–Crippen MR) is 71.3 cm³/mol. The Hall–Kier alpha value is -2.37. The lowest BCUT2D eigenvalue weighted by Crippen LogP contribution is -2.18. The van der Waals surface area contributed by atoms with Crippen molar-refractivity contribution in [2.45, 2.75) is 0 Å². The molecule has 0 bridgehead atoms. The van der Waals surface area contributed by atoms with Crippen LogP contribution in [-0.2, 0) is 9.53 Å². The van der Waals surface area contributed by atoms with Crippen molar-refractivity contribution in [3.8, 4) is 5.75 Å². The highest BCUT2D eigenvalue weighted by Gasteiger charge is 1.98. The van der Waals surface area contributed by atoms with E-state index in [1.54, 1.807) is 43.4 Å². The molecule has 6 nitrogen and oxygen atoms in total. The molecule has 0 aliphatic heterocycles. The van der Waals surface area contributed by atoms with Crippen LogP contribution in [0, 0.1) is 0 Å². The monoisotopic (exact) mass is 263 g/mol. The van der Waals surface area contributed by atoms with Crippen LogP contribution in [0.1, 0.15) is 0 Å². The molecule has 0 heterocycles. The van der Waals surface area contributed by atoms with Crippen molar-refractivity contribution in [2.75, 3.05) is 27.3 Å². The van der Waals surface area contributed by atoms with Gasteiger partial charge < -0.3 is 9.47 Å². The summed E-state index contributed by atoms with van der Waals surface area (Å²) in [5.41, 5.74) is 0.718. The van der Waals surface area contributed by atoms with Crippen molar-refractivity contribution < 1.29 is 14.3 Å². The van der Waals surface area contributed by atoms with Gasteiger partial charge in [0.2, 0.25) is 0 Å². The molecule has 1 rings (SSSR count). The molecule has 0 atom stereocenters. The number of rotatable bonds is 7. The van der Waals surface area contributed by atoms with Gasteiger partial charge in [-0.25, -0.2) is 4.79 Å². The van der Waals surface area contributed by atoms with Gasteiger partial charge in [0.25, 0.3) is 0 Å². The number of benzene rings is 1. The van der Waals surface area contributed by atoms with E-state index in [9.17, 15) is 4.79 Å². The van der Waals surface area contributed by atoms with Gasteiger partial charge >= 0.3 is 5.97 Å². The second kappa shape index (κ2) is 7.86. The molecule has 102 valence electrons. The van der Waals surface area contributed by atoms with E-state index in [1.165, 1.54) is 0 Å². The van der Waals surface area contributed by atoms with E-state index in [1.807, 2.05) is 0 Å². The lowest BCUT2D eigenvalue weighted by molar-refractivity contribution is -0.138. The molecule has 1 aromatic rings. The van der Waals surface area contributed by atoms with Gasteiger partial charge in [0.15, 0.2) is 0 Å². The Labute approximate surface area is 112 Å². The second-order valence-electron chi connectivity index (χ2n) is 3.64. The standard InChI is InChI=1S/C13H17N3O3/c1-4-13(17)19-10-9-16(2)15-14-11-5-7-12(18-3)8-6-11/h4-8H,1,9-10H2,2-3H3. The summed E-state index contributed by atoms with van der Waals surface area (Å²) in [4.78, 5) is 10.8. The maximum atomic E-state index is 10.8. The number of carbonyl (C=O) groups is 1. The summed E-state index contributed by atoms with van der Waals surface area (Å²) in [6.45, 7) is 4.00. The van der Waals surface area contributed by atoms with E-state index in [0.717, 1.165) is 17.5 Å². The molecule has 0 spiro atoms. The predicted octanol–water partition coefficient (Wildman–Crippen LogP) is 2.35. The minimum absolute atomic E-state index is 0.239. The topological polar surface area (TPSA) is 63.5 Å². The molecular weight excluding hydrogens is 246 g/mol. The third kappa shape index (κ3) is 5.67. The van der Waals surface area contributed by atoms with Crippen LogP contribution in [0.5, 0.6) is 5.75 Å². The van der Waals surface area contributed by atoms with Crippen LogP contribution in [0.4, 0.5) is 5.69 Å².